The molecule has 6 saturated carbocycles. The average molecular weight is 327 g/mol. The fourth-order valence-electron chi connectivity index (χ4n) is 10.1. The van der Waals surface area contributed by atoms with Crippen LogP contribution in [0.1, 0.15) is 89.9 Å². The van der Waals surface area contributed by atoms with Gasteiger partial charge in [0.1, 0.15) is 0 Å². The first-order valence-corrected chi connectivity index (χ1v) is 11.9. The van der Waals surface area contributed by atoms with E-state index in [4.69, 9.17) is 0 Å². The highest BCUT2D eigenvalue weighted by atomic mass is 14.7. The van der Waals surface area contributed by atoms with Crippen molar-refractivity contribution in [2.75, 3.05) is 0 Å². The van der Waals surface area contributed by atoms with Crippen molar-refractivity contribution in [3.8, 4) is 0 Å². The maximum Gasteiger partial charge on any atom is -0.0318 e. The summed E-state index contributed by atoms with van der Waals surface area (Å²) >= 11 is 0. The van der Waals surface area contributed by atoms with E-state index in [9.17, 15) is 0 Å². The fourth-order valence-corrected chi connectivity index (χ4v) is 10.1. The van der Waals surface area contributed by atoms with Gasteiger partial charge in [-0.05, 0) is 104 Å². The van der Waals surface area contributed by atoms with E-state index < -0.39 is 0 Å². The van der Waals surface area contributed by atoms with Crippen molar-refractivity contribution in [2.45, 2.75) is 89.9 Å². The van der Waals surface area contributed by atoms with Gasteiger partial charge in [0.15, 0.2) is 0 Å². The molecular formula is C24H38. The van der Waals surface area contributed by atoms with E-state index in [-0.39, 0.29) is 0 Å². The van der Waals surface area contributed by atoms with Crippen LogP contribution in [0.4, 0.5) is 0 Å². The Morgan fingerprint density at radius 2 is 0.958 bits per heavy atom. The van der Waals surface area contributed by atoms with Crippen LogP contribution in [-0.4, -0.2) is 0 Å². The van der Waals surface area contributed by atoms with Crippen LogP contribution in [0, 0.1) is 59.2 Å². The van der Waals surface area contributed by atoms with Gasteiger partial charge in [-0.2, -0.15) is 0 Å². The molecule has 0 heterocycles. The van der Waals surface area contributed by atoms with E-state index in [1.165, 1.54) is 53.3 Å². The second kappa shape index (κ2) is 5.75. The lowest BCUT2D eigenvalue weighted by molar-refractivity contribution is -0.0734. The smallest absolute Gasteiger partial charge is 0.0318 e. The molecule has 6 aliphatic carbocycles. The molecule has 24 heavy (non-hydrogen) atoms. The summed E-state index contributed by atoms with van der Waals surface area (Å²) < 4.78 is 0. The zero-order chi connectivity index (χ0) is 15.7. The van der Waals surface area contributed by atoms with E-state index in [0.717, 1.165) is 5.92 Å². The summed E-state index contributed by atoms with van der Waals surface area (Å²) in [5.74, 6) is 11.8. The molecule has 10 unspecified atom stereocenters. The van der Waals surface area contributed by atoms with Crippen molar-refractivity contribution in [3.63, 3.8) is 0 Å². The molecule has 0 saturated heterocycles. The number of rotatable bonds is 0. The highest BCUT2D eigenvalue weighted by Crippen LogP contribution is 2.68. The molecule has 0 spiro atoms. The first-order valence-electron chi connectivity index (χ1n) is 11.9. The first kappa shape index (κ1) is 15.1. The van der Waals surface area contributed by atoms with Gasteiger partial charge in [-0.15, -0.1) is 0 Å². The van der Waals surface area contributed by atoms with Gasteiger partial charge in [-0.1, -0.05) is 44.9 Å². The third kappa shape index (κ3) is 2.04. The zero-order valence-electron chi connectivity index (χ0n) is 15.7. The Morgan fingerprint density at radius 3 is 1.88 bits per heavy atom. The van der Waals surface area contributed by atoms with Gasteiger partial charge in [-0.3, -0.25) is 0 Å². The Hall–Kier alpha value is 0. The monoisotopic (exact) mass is 326 g/mol. The standard InChI is InChI=1S/C24H38/c1-2-8-17-15(6-1)12-13-21-22(17)14-16-7-5-11-19-18-9-3-4-10-20(18)24(21)23(16)19/h15-24H,1-14H2. The minimum absolute atomic E-state index is 1.15. The summed E-state index contributed by atoms with van der Waals surface area (Å²) in [6, 6.07) is 0. The van der Waals surface area contributed by atoms with Gasteiger partial charge in [0.05, 0.1) is 0 Å². The molecule has 0 radical (unpaired) electrons. The molecule has 6 aliphatic rings. The third-order valence-electron chi connectivity index (χ3n) is 10.5. The molecule has 0 nitrogen and oxygen atoms in total. The van der Waals surface area contributed by atoms with Crippen molar-refractivity contribution in [3.05, 3.63) is 0 Å². The molecule has 10 atom stereocenters. The molecule has 0 aliphatic heterocycles. The van der Waals surface area contributed by atoms with Gasteiger partial charge in [0.25, 0.3) is 0 Å². The van der Waals surface area contributed by atoms with Gasteiger partial charge in [0, 0.05) is 0 Å². The summed E-state index contributed by atoms with van der Waals surface area (Å²) in [6.45, 7) is 0. The Balaban J connectivity index is 1.36. The van der Waals surface area contributed by atoms with E-state index in [1.807, 2.05) is 0 Å². The maximum atomic E-state index is 1.68. The molecule has 134 valence electrons. The summed E-state index contributed by atoms with van der Waals surface area (Å²) in [5.41, 5.74) is 0. The second-order valence-electron chi connectivity index (χ2n) is 11.0. The van der Waals surface area contributed by atoms with Crippen LogP contribution in [0.3, 0.4) is 0 Å². The van der Waals surface area contributed by atoms with Crippen LogP contribution >= 0.6 is 0 Å². The highest BCUT2D eigenvalue weighted by Gasteiger charge is 2.61. The lowest BCUT2D eigenvalue weighted by Crippen LogP contribution is -2.49. The predicted molar refractivity (Wildman–Crippen MR) is 99.5 cm³/mol. The summed E-state index contributed by atoms with van der Waals surface area (Å²) in [6.07, 6.45) is 22.5. The quantitative estimate of drug-likeness (QED) is 0.465. The van der Waals surface area contributed by atoms with E-state index in [2.05, 4.69) is 0 Å². The van der Waals surface area contributed by atoms with Crippen molar-refractivity contribution in [1.29, 1.82) is 0 Å². The minimum atomic E-state index is 1.15. The molecule has 0 aromatic heterocycles. The first-order chi connectivity index (χ1) is 11.9. The van der Waals surface area contributed by atoms with Crippen LogP contribution in [0.15, 0.2) is 0 Å². The molecule has 0 aromatic rings. The van der Waals surface area contributed by atoms with Gasteiger partial charge in [0.2, 0.25) is 0 Å². The van der Waals surface area contributed by atoms with Crippen LogP contribution < -0.4 is 0 Å². The van der Waals surface area contributed by atoms with Crippen LogP contribution in [-0.2, 0) is 0 Å². The molecule has 0 aromatic carbocycles. The van der Waals surface area contributed by atoms with E-state index in [1.54, 1.807) is 89.9 Å². The van der Waals surface area contributed by atoms with Gasteiger partial charge >= 0.3 is 0 Å². The summed E-state index contributed by atoms with van der Waals surface area (Å²) in [5, 5.41) is 0. The van der Waals surface area contributed by atoms with Crippen LogP contribution in [0.25, 0.3) is 0 Å². The Bertz CT molecular complexity index is 480. The average Bonchev–Trinajstić information content (AvgIpc) is 2.99. The topological polar surface area (TPSA) is 0 Å². The van der Waals surface area contributed by atoms with E-state index >= 15 is 0 Å². The van der Waals surface area contributed by atoms with Crippen LogP contribution in [0.5, 0.6) is 0 Å². The minimum Gasteiger partial charge on any atom is -0.0530 e. The number of hydrogen-bond acceptors (Lipinski definition) is 0. The van der Waals surface area contributed by atoms with Crippen molar-refractivity contribution in [2.24, 2.45) is 59.2 Å². The normalized spacial score (nSPS) is 59.0. The molecule has 0 heteroatoms. The van der Waals surface area contributed by atoms with E-state index in [0.29, 0.717) is 0 Å². The largest absolute Gasteiger partial charge is 0.0530 e. The predicted octanol–water partition coefficient (Wildman–Crippen LogP) is 6.69. The summed E-state index contributed by atoms with van der Waals surface area (Å²) in [4.78, 5) is 0. The Kier molecular flexibility index (Phi) is 3.62. The second-order valence-corrected chi connectivity index (χ2v) is 11.0. The maximum absolute atomic E-state index is 1.68. The van der Waals surface area contributed by atoms with Gasteiger partial charge in [-0.25, -0.2) is 0 Å². The van der Waals surface area contributed by atoms with Crippen molar-refractivity contribution >= 4 is 0 Å². The fraction of sp³-hybridized carbons (Fsp3) is 1.00. The molecular weight excluding hydrogens is 288 g/mol. The molecule has 6 fully saturated rings. The van der Waals surface area contributed by atoms with Gasteiger partial charge < -0.3 is 0 Å². The molecule has 0 bridgehead atoms. The molecule has 0 amide bonds. The lowest BCUT2D eigenvalue weighted by Gasteiger charge is -2.56. The van der Waals surface area contributed by atoms with Crippen molar-refractivity contribution < 1.29 is 0 Å². The van der Waals surface area contributed by atoms with Crippen LogP contribution in [0.2, 0.25) is 0 Å². The van der Waals surface area contributed by atoms with Crippen molar-refractivity contribution in [1.82, 2.24) is 0 Å². The zero-order valence-corrected chi connectivity index (χ0v) is 15.7. The summed E-state index contributed by atoms with van der Waals surface area (Å²) in [7, 11) is 0. The SMILES string of the molecule is C1CCC2C(C1)CCC1C2CC2CCCC3C4CCCCC4C1C23. The number of fused-ring (bicyclic) bond motifs is 7. The lowest BCUT2D eigenvalue weighted by atomic mass is 9.49. The third-order valence-corrected chi connectivity index (χ3v) is 10.5. The number of hydrogen-bond donors (Lipinski definition) is 0. The molecule has 6 rings (SSSR count). The Morgan fingerprint density at radius 1 is 0.333 bits per heavy atom. The molecule has 0 N–H and O–H groups in total. The highest BCUT2D eigenvalue weighted by molar-refractivity contribution is 5.09. The Labute approximate surface area is 149 Å².